The van der Waals surface area contributed by atoms with Crippen LogP contribution in [0.25, 0.3) is 5.69 Å². The molecule has 2 aromatic rings. The molecule has 2 N–H and O–H groups in total. The number of rotatable bonds is 4. The van der Waals surface area contributed by atoms with Gasteiger partial charge in [-0.15, -0.1) is 0 Å². The van der Waals surface area contributed by atoms with E-state index in [9.17, 15) is 0 Å². The Kier molecular flexibility index (Phi) is 4.14. The maximum absolute atomic E-state index is 5.70. The third-order valence-electron chi connectivity index (χ3n) is 2.77. The molecule has 4 nitrogen and oxygen atoms in total. The summed E-state index contributed by atoms with van der Waals surface area (Å²) in [5.74, 6) is 1.86. The van der Waals surface area contributed by atoms with Gasteiger partial charge < -0.3 is 5.73 Å². The van der Waals surface area contributed by atoms with Crippen molar-refractivity contribution in [3.05, 3.63) is 39.9 Å². The van der Waals surface area contributed by atoms with Crippen LogP contribution in [0.1, 0.15) is 31.1 Å². The number of hydrogen-bond acceptors (Lipinski definition) is 3. The Morgan fingerprint density at radius 2 is 2.00 bits per heavy atom. The van der Waals surface area contributed by atoms with Crippen molar-refractivity contribution in [3.8, 4) is 5.69 Å². The van der Waals surface area contributed by atoms with Gasteiger partial charge in [-0.3, -0.25) is 0 Å². The molecule has 0 saturated carbocycles. The first-order valence-corrected chi connectivity index (χ1v) is 6.92. The van der Waals surface area contributed by atoms with Crippen molar-refractivity contribution in [1.29, 1.82) is 0 Å². The molecule has 0 amide bonds. The third kappa shape index (κ3) is 2.62. The van der Waals surface area contributed by atoms with Crippen molar-refractivity contribution in [3.63, 3.8) is 0 Å². The summed E-state index contributed by atoms with van der Waals surface area (Å²) in [5.41, 5.74) is 7.79. The first-order chi connectivity index (χ1) is 8.67. The standard InChI is InChI=1S/C13H17BrN4/c1-3-12-16-13(4-2)18(17-12)11-6-9(8-15)5-10(14)7-11/h5-7H,3-4,8,15H2,1-2H3. The van der Waals surface area contributed by atoms with Crippen LogP contribution in [0.4, 0.5) is 0 Å². The van der Waals surface area contributed by atoms with E-state index in [1.54, 1.807) is 0 Å². The molecule has 96 valence electrons. The lowest BCUT2D eigenvalue weighted by Gasteiger charge is -2.07. The van der Waals surface area contributed by atoms with E-state index in [1.807, 2.05) is 16.8 Å². The predicted octanol–water partition coefficient (Wildman–Crippen LogP) is 2.61. The summed E-state index contributed by atoms with van der Waals surface area (Å²) in [6.45, 7) is 4.66. The molecule has 0 saturated heterocycles. The first-order valence-electron chi connectivity index (χ1n) is 6.12. The molecular weight excluding hydrogens is 292 g/mol. The van der Waals surface area contributed by atoms with Gasteiger partial charge in [0.2, 0.25) is 0 Å². The third-order valence-corrected chi connectivity index (χ3v) is 3.23. The average molecular weight is 309 g/mol. The van der Waals surface area contributed by atoms with Crippen molar-refractivity contribution in [1.82, 2.24) is 14.8 Å². The molecule has 1 aromatic carbocycles. The monoisotopic (exact) mass is 308 g/mol. The van der Waals surface area contributed by atoms with Crippen LogP contribution < -0.4 is 5.73 Å². The highest BCUT2D eigenvalue weighted by Crippen LogP contribution is 2.19. The summed E-state index contributed by atoms with van der Waals surface area (Å²) >= 11 is 3.50. The molecule has 0 radical (unpaired) electrons. The molecular formula is C13H17BrN4. The minimum Gasteiger partial charge on any atom is -0.326 e. The van der Waals surface area contributed by atoms with Crippen molar-refractivity contribution in [2.45, 2.75) is 33.2 Å². The molecule has 0 aliphatic carbocycles. The number of aryl methyl sites for hydroxylation is 2. The van der Waals surface area contributed by atoms with E-state index < -0.39 is 0 Å². The van der Waals surface area contributed by atoms with E-state index in [0.717, 1.165) is 40.2 Å². The van der Waals surface area contributed by atoms with E-state index >= 15 is 0 Å². The van der Waals surface area contributed by atoms with E-state index in [4.69, 9.17) is 5.73 Å². The van der Waals surface area contributed by atoms with E-state index in [-0.39, 0.29) is 0 Å². The molecule has 1 aromatic heterocycles. The van der Waals surface area contributed by atoms with Crippen LogP contribution in [0, 0.1) is 0 Å². The molecule has 0 fully saturated rings. The largest absolute Gasteiger partial charge is 0.326 e. The Hall–Kier alpha value is -1.20. The van der Waals surface area contributed by atoms with Gasteiger partial charge in [-0.25, -0.2) is 9.67 Å². The Bertz CT molecular complexity index is 548. The number of benzene rings is 1. The second kappa shape index (κ2) is 5.63. The van der Waals surface area contributed by atoms with Crippen LogP contribution in [-0.4, -0.2) is 14.8 Å². The van der Waals surface area contributed by atoms with Crippen molar-refractivity contribution in [2.24, 2.45) is 5.73 Å². The summed E-state index contributed by atoms with van der Waals surface area (Å²) < 4.78 is 2.92. The van der Waals surface area contributed by atoms with Crippen LogP contribution in [0.5, 0.6) is 0 Å². The maximum atomic E-state index is 5.70. The summed E-state index contributed by atoms with van der Waals surface area (Å²) in [7, 11) is 0. The number of nitrogens with zero attached hydrogens (tertiary/aromatic N) is 3. The van der Waals surface area contributed by atoms with E-state index in [1.165, 1.54) is 0 Å². The van der Waals surface area contributed by atoms with Crippen LogP contribution in [0.15, 0.2) is 22.7 Å². The maximum Gasteiger partial charge on any atom is 0.151 e. The van der Waals surface area contributed by atoms with Crippen LogP contribution >= 0.6 is 15.9 Å². The number of halogens is 1. The van der Waals surface area contributed by atoms with Gasteiger partial charge in [-0.1, -0.05) is 29.8 Å². The Labute approximate surface area is 115 Å². The lowest BCUT2D eigenvalue weighted by molar-refractivity contribution is 0.788. The Balaban J connectivity index is 2.53. The summed E-state index contributed by atoms with van der Waals surface area (Å²) in [4.78, 5) is 4.51. The SMILES string of the molecule is CCc1nc(CC)n(-c2cc(Br)cc(CN)c2)n1. The molecule has 0 unspecified atom stereocenters. The highest BCUT2D eigenvalue weighted by atomic mass is 79.9. The van der Waals surface area contributed by atoms with Crippen LogP contribution in [-0.2, 0) is 19.4 Å². The predicted molar refractivity (Wildman–Crippen MR) is 75.7 cm³/mol. The van der Waals surface area contributed by atoms with Crippen LogP contribution in [0.2, 0.25) is 0 Å². The summed E-state index contributed by atoms with van der Waals surface area (Å²) in [6.07, 6.45) is 1.70. The molecule has 0 aliphatic heterocycles. The quantitative estimate of drug-likeness (QED) is 0.944. The number of nitrogens with two attached hydrogens (primary N) is 1. The van der Waals surface area contributed by atoms with Gasteiger partial charge in [-0.2, -0.15) is 5.10 Å². The fourth-order valence-corrected chi connectivity index (χ4v) is 2.38. The second-order valence-electron chi connectivity index (χ2n) is 4.08. The van der Waals surface area contributed by atoms with E-state index in [0.29, 0.717) is 6.54 Å². The fraction of sp³-hybridized carbons (Fsp3) is 0.385. The average Bonchev–Trinajstić information content (AvgIpc) is 2.81. The molecule has 0 spiro atoms. The topological polar surface area (TPSA) is 56.7 Å². The highest BCUT2D eigenvalue weighted by Gasteiger charge is 2.10. The molecule has 0 atom stereocenters. The van der Waals surface area contributed by atoms with Crippen LogP contribution in [0.3, 0.4) is 0 Å². The van der Waals surface area contributed by atoms with Gasteiger partial charge in [0.05, 0.1) is 5.69 Å². The molecule has 0 bridgehead atoms. The lowest BCUT2D eigenvalue weighted by Crippen LogP contribution is -2.04. The Morgan fingerprint density at radius 1 is 1.22 bits per heavy atom. The van der Waals surface area contributed by atoms with Crippen molar-refractivity contribution >= 4 is 15.9 Å². The molecule has 18 heavy (non-hydrogen) atoms. The normalized spacial score (nSPS) is 10.9. The van der Waals surface area contributed by atoms with Gasteiger partial charge in [0.15, 0.2) is 5.82 Å². The smallest absolute Gasteiger partial charge is 0.151 e. The fourth-order valence-electron chi connectivity index (χ4n) is 1.85. The van der Waals surface area contributed by atoms with Gasteiger partial charge in [0.1, 0.15) is 5.82 Å². The zero-order chi connectivity index (χ0) is 13.1. The van der Waals surface area contributed by atoms with Gasteiger partial charge in [0, 0.05) is 23.9 Å². The minimum atomic E-state index is 0.517. The summed E-state index contributed by atoms with van der Waals surface area (Å²) in [6, 6.07) is 6.11. The lowest BCUT2D eigenvalue weighted by atomic mass is 10.2. The van der Waals surface area contributed by atoms with Crippen molar-refractivity contribution < 1.29 is 0 Å². The van der Waals surface area contributed by atoms with Gasteiger partial charge in [-0.05, 0) is 23.8 Å². The zero-order valence-electron chi connectivity index (χ0n) is 10.7. The molecule has 2 rings (SSSR count). The molecule has 5 heteroatoms. The highest BCUT2D eigenvalue weighted by molar-refractivity contribution is 9.10. The van der Waals surface area contributed by atoms with E-state index in [2.05, 4.69) is 45.9 Å². The Morgan fingerprint density at radius 3 is 2.61 bits per heavy atom. The number of aromatic nitrogens is 3. The van der Waals surface area contributed by atoms with Gasteiger partial charge in [0.25, 0.3) is 0 Å². The summed E-state index contributed by atoms with van der Waals surface area (Å²) in [5, 5.41) is 4.53. The minimum absolute atomic E-state index is 0.517. The van der Waals surface area contributed by atoms with Gasteiger partial charge >= 0.3 is 0 Å². The van der Waals surface area contributed by atoms with Crippen molar-refractivity contribution in [2.75, 3.05) is 0 Å². The molecule has 1 heterocycles. The first kappa shape index (κ1) is 13.2. The second-order valence-corrected chi connectivity index (χ2v) is 5.00. The number of hydrogen-bond donors (Lipinski definition) is 1. The molecule has 0 aliphatic rings. The zero-order valence-corrected chi connectivity index (χ0v) is 12.2.